The van der Waals surface area contributed by atoms with E-state index in [1.807, 2.05) is 24.3 Å². The predicted octanol–water partition coefficient (Wildman–Crippen LogP) is 1.37. The van der Waals surface area contributed by atoms with Gasteiger partial charge in [-0.25, -0.2) is 4.98 Å². The normalized spacial score (nSPS) is 10.3. The second-order valence-corrected chi connectivity index (χ2v) is 4.28. The van der Waals surface area contributed by atoms with Crippen molar-refractivity contribution in [2.75, 3.05) is 19.0 Å². The van der Waals surface area contributed by atoms with Crippen LogP contribution in [0, 0.1) is 6.92 Å². The minimum absolute atomic E-state index is 0.0785. The van der Waals surface area contributed by atoms with E-state index in [4.69, 9.17) is 9.84 Å². The molecule has 3 N–H and O–H groups in total. The Bertz CT molecular complexity index is 652. The third kappa shape index (κ3) is 2.97. The largest absolute Gasteiger partial charge is 0.495 e. The number of aromatic nitrogens is 2. The van der Waals surface area contributed by atoms with Gasteiger partial charge < -0.3 is 15.2 Å². The van der Waals surface area contributed by atoms with Crippen LogP contribution < -0.4 is 15.6 Å². The monoisotopic (exact) mass is 275 g/mol. The molecule has 0 saturated heterocycles. The Kier molecular flexibility index (Phi) is 4.37. The van der Waals surface area contributed by atoms with Crippen molar-refractivity contribution >= 4 is 11.6 Å². The molecule has 0 saturated carbocycles. The molecule has 0 aliphatic carbocycles. The summed E-state index contributed by atoms with van der Waals surface area (Å²) in [6.07, 6.45) is 0.295. The van der Waals surface area contributed by atoms with E-state index in [1.54, 1.807) is 14.0 Å². The summed E-state index contributed by atoms with van der Waals surface area (Å²) in [5.74, 6) is 1.01. The van der Waals surface area contributed by atoms with Crippen LogP contribution in [0.4, 0.5) is 11.6 Å². The van der Waals surface area contributed by atoms with Gasteiger partial charge in [-0.15, -0.1) is 0 Å². The molecule has 0 radical (unpaired) electrons. The summed E-state index contributed by atoms with van der Waals surface area (Å²) in [6, 6.07) is 7.36. The fraction of sp³-hybridized carbons (Fsp3) is 0.286. The lowest BCUT2D eigenvalue weighted by molar-refractivity contribution is 0.298. The highest BCUT2D eigenvalue weighted by Gasteiger charge is 2.09. The molecule has 106 valence electrons. The number of H-pyrrole nitrogens is 1. The van der Waals surface area contributed by atoms with E-state index in [0.717, 1.165) is 0 Å². The second-order valence-electron chi connectivity index (χ2n) is 4.28. The number of nitrogens with zero attached hydrogens (tertiary/aromatic N) is 1. The molecule has 0 amide bonds. The van der Waals surface area contributed by atoms with Crippen molar-refractivity contribution in [2.45, 2.75) is 13.3 Å². The zero-order chi connectivity index (χ0) is 14.5. The third-order valence-electron chi connectivity index (χ3n) is 2.94. The zero-order valence-electron chi connectivity index (χ0n) is 11.4. The number of rotatable bonds is 5. The first-order valence-electron chi connectivity index (χ1n) is 6.26. The molecule has 0 aliphatic rings. The smallest absolute Gasteiger partial charge is 0.255 e. The van der Waals surface area contributed by atoms with Crippen molar-refractivity contribution in [1.82, 2.24) is 9.97 Å². The van der Waals surface area contributed by atoms with E-state index >= 15 is 0 Å². The number of aliphatic hydroxyl groups is 1. The fourth-order valence-corrected chi connectivity index (χ4v) is 1.95. The van der Waals surface area contributed by atoms with Gasteiger partial charge in [-0.3, -0.25) is 9.78 Å². The predicted molar refractivity (Wildman–Crippen MR) is 76.7 cm³/mol. The Morgan fingerprint density at radius 3 is 2.80 bits per heavy atom. The van der Waals surface area contributed by atoms with Crippen molar-refractivity contribution < 1.29 is 9.84 Å². The second kappa shape index (κ2) is 6.21. The van der Waals surface area contributed by atoms with Gasteiger partial charge in [0.25, 0.3) is 5.56 Å². The summed E-state index contributed by atoms with van der Waals surface area (Å²) < 4.78 is 5.22. The minimum atomic E-state index is -0.246. The Hall–Kier alpha value is -2.34. The molecule has 0 fully saturated rings. The van der Waals surface area contributed by atoms with Crippen molar-refractivity contribution in [3.63, 3.8) is 0 Å². The van der Waals surface area contributed by atoms with Crippen molar-refractivity contribution in [3.05, 3.63) is 45.9 Å². The van der Waals surface area contributed by atoms with Crippen LogP contribution in [0.3, 0.4) is 0 Å². The SMILES string of the molecule is COc1ccccc1Nc1nc(C)c(CCO)c(=O)[nH]1. The summed E-state index contributed by atoms with van der Waals surface area (Å²) in [6.45, 7) is 1.67. The van der Waals surface area contributed by atoms with E-state index in [0.29, 0.717) is 35.1 Å². The highest BCUT2D eigenvalue weighted by Crippen LogP contribution is 2.25. The van der Waals surface area contributed by atoms with Gasteiger partial charge in [0.2, 0.25) is 5.95 Å². The van der Waals surface area contributed by atoms with E-state index in [1.165, 1.54) is 0 Å². The molecule has 0 spiro atoms. The third-order valence-corrected chi connectivity index (χ3v) is 2.94. The highest BCUT2D eigenvalue weighted by molar-refractivity contribution is 5.62. The molecule has 2 aromatic rings. The molecule has 0 bridgehead atoms. The molecule has 6 heteroatoms. The van der Waals surface area contributed by atoms with Crippen molar-refractivity contribution in [3.8, 4) is 5.75 Å². The zero-order valence-corrected chi connectivity index (χ0v) is 11.4. The number of methoxy groups -OCH3 is 1. The van der Waals surface area contributed by atoms with Gasteiger partial charge >= 0.3 is 0 Å². The molecule has 1 aromatic heterocycles. The van der Waals surface area contributed by atoms with E-state index in [-0.39, 0.29) is 12.2 Å². The van der Waals surface area contributed by atoms with Gasteiger partial charge in [-0.2, -0.15) is 0 Å². The Morgan fingerprint density at radius 1 is 1.40 bits per heavy atom. The Morgan fingerprint density at radius 2 is 2.15 bits per heavy atom. The number of hydrogen-bond acceptors (Lipinski definition) is 5. The summed E-state index contributed by atoms with van der Waals surface area (Å²) in [7, 11) is 1.58. The van der Waals surface area contributed by atoms with Gasteiger partial charge in [0.05, 0.1) is 18.5 Å². The number of para-hydroxylation sites is 2. The first kappa shape index (κ1) is 14.1. The molecule has 20 heavy (non-hydrogen) atoms. The van der Waals surface area contributed by atoms with Gasteiger partial charge in [0, 0.05) is 18.6 Å². The number of anilines is 2. The summed E-state index contributed by atoms with van der Waals surface area (Å²) in [5.41, 5.74) is 1.56. The molecule has 1 aromatic carbocycles. The molecular weight excluding hydrogens is 258 g/mol. The molecule has 1 heterocycles. The maximum atomic E-state index is 11.9. The van der Waals surface area contributed by atoms with Crippen LogP contribution in [0.25, 0.3) is 0 Å². The van der Waals surface area contributed by atoms with Crippen LogP contribution in [-0.2, 0) is 6.42 Å². The summed E-state index contributed by atoms with van der Waals surface area (Å²) in [5, 5.41) is 11.9. The molecular formula is C14H17N3O3. The molecule has 6 nitrogen and oxygen atoms in total. The average molecular weight is 275 g/mol. The summed E-state index contributed by atoms with van der Waals surface area (Å²) >= 11 is 0. The minimum Gasteiger partial charge on any atom is -0.495 e. The number of nitrogens with one attached hydrogen (secondary N) is 2. The van der Waals surface area contributed by atoms with Crippen LogP contribution in [0.5, 0.6) is 5.75 Å². The van der Waals surface area contributed by atoms with E-state index in [2.05, 4.69) is 15.3 Å². The van der Waals surface area contributed by atoms with Gasteiger partial charge in [-0.05, 0) is 19.1 Å². The van der Waals surface area contributed by atoms with E-state index < -0.39 is 0 Å². The summed E-state index contributed by atoms with van der Waals surface area (Å²) in [4.78, 5) is 18.9. The highest BCUT2D eigenvalue weighted by atomic mass is 16.5. The molecule has 0 aliphatic heterocycles. The van der Waals surface area contributed by atoms with Gasteiger partial charge in [0.1, 0.15) is 5.75 Å². The maximum absolute atomic E-state index is 11.9. The number of hydrogen-bond donors (Lipinski definition) is 3. The first-order chi connectivity index (χ1) is 9.65. The van der Waals surface area contributed by atoms with Gasteiger partial charge in [0.15, 0.2) is 0 Å². The van der Waals surface area contributed by atoms with Crippen LogP contribution in [0.1, 0.15) is 11.3 Å². The van der Waals surface area contributed by atoms with Crippen LogP contribution >= 0.6 is 0 Å². The van der Waals surface area contributed by atoms with Crippen LogP contribution in [0.2, 0.25) is 0 Å². The average Bonchev–Trinajstić information content (AvgIpc) is 2.43. The lowest BCUT2D eigenvalue weighted by Gasteiger charge is -2.11. The molecule has 0 atom stereocenters. The van der Waals surface area contributed by atoms with Crippen molar-refractivity contribution in [2.24, 2.45) is 0 Å². The number of ether oxygens (including phenoxy) is 1. The number of aromatic amines is 1. The number of aliphatic hydroxyl groups excluding tert-OH is 1. The molecule has 0 unspecified atom stereocenters. The quantitative estimate of drug-likeness (QED) is 0.767. The van der Waals surface area contributed by atoms with Crippen LogP contribution in [0.15, 0.2) is 29.1 Å². The first-order valence-corrected chi connectivity index (χ1v) is 6.26. The molecule has 2 rings (SSSR count). The van der Waals surface area contributed by atoms with Gasteiger partial charge in [-0.1, -0.05) is 12.1 Å². The Balaban J connectivity index is 2.33. The lowest BCUT2D eigenvalue weighted by atomic mass is 10.2. The fourth-order valence-electron chi connectivity index (χ4n) is 1.95. The lowest BCUT2D eigenvalue weighted by Crippen LogP contribution is -2.19. The van der Waals surface area contributed by atoms with E-state index in [9.17, 15) is 4.79 Å². The van der Waals surface area contributed by atoms with Crippen LogP contribution in [-0.4, -0.2) is 28.8 Å². The number of aryl methyl sites for hydroxylation is 1. The Labute approximate surface area is 116 Å². The topological polar surface area (TPSA) is 87.2 Å². The number of benzene rings is 1. The maximum Gasteiger partial charge on any atom is 0.255 e. The standard InChI is InChI=1S/C14H17N3O3/c1-9-10(7-8-18)13(19)17-14(15-9)16-11-5-3-4-6-12(11)20-2/h3-6,18H,7-8H2,1-2H3,(H2,15,16,17,19). The van der Waals surface area contributed by atoms with Crippen molar-refractivity contribution in [1.29, 1.82) is 0 Å².